The van der Waals surface area contributed by atoms with E-state index in [0.29, 0.717) is 18.7 Å². The van der Waals surface area contributed by atoms with E-state index in [2.05, 4.69) is 17.6 Å². The zero-order valence-electron chi connectivity index (χ0n) is 28.5. The lowest BCUT2D eigenvalue weighted by atomic mass is 9.92. The van der Waals surface area contributed by atoms with E-state index in [1.165, 1.54) is 0 Å². The number of phenols is 1. The quantitative estimate of drug-likeness (QED) is 0.157. The molecule has 46 heavy (non-hydrogen) atoms. The highest BCUT2D eigenvalue weighted by molar-refractivity contribution is 5.99. The summed E-state index contributed by atoms with van der Waals surface area (Å²) >= 11 is 0. The Morgan fingerprint density at radius 1 is 0.826 bits per heavy atom. The summed E-state index contributed by atoms with van der Waals surface area (Å²) in [5.74, 6) is -0.611. The van der Waals surface area contributed by atoms with Crippen LogP contribution in [0.3, 0.4) is 0 Å². The van der Waals surface area contributed by atoms with Gasteiger partial charge in [-0.1, -0.05) is 81.1 Å². The monoisotopic (exact) mass is 629 g/mol. The lowest BCUT2D eigenvalue weighted by Crippen LogP contribution is -2.53. The van der Waals surface area contributed by atoms with Gasteiger partial charge in [0.25, 0.3) is 5.91 Å². The summed E-state index contributed by atoms with van der Waals surface area (Å²) in [6.07, 6.45) is 4.22. The minimum absolute atomic E-state index is 0.100. The number of carbonyl (C=O) groups excluding carboxylic acids is 3. The second-order valence-electron chi connectivity index (χ2n) is 13.0. The van der Waals surface area contributed by atoms with Gasteiger partial charge in [-0.2, -0.15) is 0 Å². The molecule has 0 aliphatic heterocycles. The zero-order chi connectivity index (χ0) is 33.9. The molecular weight excluding hydrogens is 578 g/mol. The number of ether oxygens (including phenoxy) is 1. The van der Waals surface area contributed by atoms with E-state index < -0.39 is 23.8 Å². The van der Waals surface area contributed by atoms with Crippen LogP contribution in [0.5, 0.6) is 5.75 Å². The number of hydrogen-bond donors (Lipinski definition) is 3. The second kappa shape index (κ2) is 16.8. The van der Waals surface area contributed by atoms with Gasteiger partial charge in [-0.05, 0) is 94.0 Å². The molecule has 0 fully saturated rings. The molecule has 2 atom stereocenters. The molecule has 0 heterocycles. The SMILES string of the molecule is CCCCCCCN(C(=O)C(Cc1ccc(O)cc1)NC(=O)OC(C)(C)C)C(C(=O)Nc1ccccc1C)c1c(C)cccc1C. The minimum Gasteiger partial charge on any atom is -0.508 e. The van der Waals surface area contributed by atoms with Crippen molar-refractivity contribution in [2.75, 3.05) is 11.9 Å². The van der Waals surface area contributed by atoms with Gasteiger partial charge in [0.1, 0.15) is 23.4 Å². The number of anilines is 1. The van der Waals surface area contributed by atoms with Crippen LogP contribution in [0.15, 0.2) is 66.7 Å². The largest absolute Gasteiger partial charge is 0.508 e. The molecule has 8 heteroatoms. The summed E-state index contributed by atoms with van der Waals surface area (Å²) in [5.41, 5.74) is 4.09. The number of nitrogens with one attached hydrogen (secondary N) is 2. The van der Waals surface area contributed by atoms with Gasteiger partial charge >= 0.3 is 6.09 Å². The maximum absolute atomic E-state index is 14.8. The van der Waals surface area contributed by atoms with Gasteiger partial charge in [0, 0.05) is 18.7 Å². The van der Waals surface area contributed by atoms with Crippen molar-refractivity contribution in [3.63, 3.8) is 0 Å². The first-order valence-electron chi connectivity index (χ1n) is 16.3. The minimum atomic E-state index is -1.03. The predicted octanol–water partition coefficient (Wildman–Crippen LogP) is 7.93. The molecule has 3 aromatic rings. The summed E-state index contributed by atoms with van der Waals surface area (Å²) in [7, 11) is 0. The molecule has 248 valence electrons. The van der Waals surface area contributed by atoms with Crippen LogP contribution in [-0.4, -0.2) is 46.1 Å². The van der Waals surface area contributed by atoms with Crippen LogP contribution in [-0.2, 0) is 20.7 Å². The Kier molecular flexibility index (Phi) is 13.2. The zero-order valence-corrected chi connectivity index (χ0v) is 28.5. The molecule has 3 N–H and O–H groups in total. The number of nitrogens with zero attached hydrogens (tertiary/aromatic N) is 1. The van der Waals surface area contributed by atoms with E-state index in [1.807, 2.05) is 63.2 Å². The maximum Gasteiger partial charge on any atom is 0.408 e. The molecule has 0 bridgehead atoms. The summed E-state index contributed by atoms with van der Waals surface area (Å²) in [5, 5.41) is 15.8. The third-order valence-electron chi connectivity index (χ3n) is 7.93. The highest BCUT2D eigenvalue weighted by atomic mass is 16.6. The normalized spacial score (nSPS) is 12.6. The average molecular weight is 630 g/mol. The molecule has 0 radical (unpaired) electrons. The third-order valence-corrected chi connectivity index (χ3v) is 7.93. The van der Waals surface area contributed by atoms with Gasteiger partial charge in [-0.15, -0.1) is 0 Å². The molecule has 3 amide bonds. The number of para-hydroxylation sites is 1. The fourth-order valence-electron chi connectivity index (χ4n) is 5.57. The van der Waals surface area contributed by atoms with Crippen molar-refractivity contribution in [1.82, 2.24) is 10.2 Å². The van der Waals surface area contributed by atoms with Crippen LogP contribution >= 0.6 is 0 Å². The van der Waals surface area contributed by atoms with E-state index in [4.69, 9.17) is 4.74 Å². The molecule has 0 spiro atoms. The molecule has 8 nitrogen and oxygen atoms in total. The van der Waals surface area contributed by atoms with Crippen molar-refractivity contribution in [2.45, 2.75) is 105 Å². The summed E-state index contributed by atoms with van der Waals surface area (Å²) in [6, 6.07) is 17.9. The Morgan fingerprint density at radius 3 is 2.04 bits per heavy atom. The molecule has 3 aromatic carbocycles. The Balaban J connectivity index is 2.12. The van der Waals surface area contributed by atoms with Crippen molar-refractivity contribution in [3.05, 3.63) is 94.5 Å². The number of hydrogen-bond acceptors (Lipinski definition) is 5. The number of aryl methyl sites for hydroxylation is 3. The Labute approximate surface area is 274 Å². The fraction of sp³-hybridized carbons (Fsp3) is 0.447. The van der Waals surface area contributed by atoms with Crippen LogP contribution in [0.2, 0.25) is 0 Å². The van der Waals surface area contributed by atoms with Gasteiger partial charge in [0.2, 0.25) is 5.91 Å². The van der Waals surface area contributed by atoms with E-state index in [9.17, 15) is 19.5 Å². The van der Waals surface area contributed by atoms with Gasteiger partial charge in [-0.3, -0.25) is 9.59 Å². The number of phenolic OH excluding ortho intramolecular Hbond substituents is 1. The highest BCUT2D eigenvalue weighted by Crippen LogP contribution is 2.31. The third kappa shape index (κ3) is 10.6. The molecule has 0 aromatic heterocycles. The molecule has 2 unspecified atom stereocenters. The van der Waals surface area contributed by atoms with E-state index >= 15 is 0 Å². The maximum atomic E-state index is 14.8. The van der Waals surface area contributed by atoms with Crippen molar-refractivity contribution < 1.29 is 24.2 Å². The standard InChI is InChI=1S/C38H51N3O5/c1-8-9-10-11-14-24-41(36(44)32(40-37(45)46-38(5,6)7)25-29-20-22-30(42)23-21-29)34(33-27(3)17-15-18-28(33)4)35(43)39-31-19-13-12-16-26(31)2/h12-13,15-23,32,34,42H,8-11,14,24-25H2,1-7H3,(H,39,43)(H,40,45). The second-order valence-corrected chi connectivity index (χ2v) is 13.0. The van der Waals surface area contributed by atoms with Gasteiger partial charge in [0.05, 0.1) is 0 Å². The van der Waals surface area contributed by atoms with E-state index in [1.54, 1.807) is 49.9 Å². The van der Waals surface area contributed by atoms with Crippen molar-refractivity contribution in [1.29, 1.82) is 0 Å². The van der Waals surface area contributed by atoms with Crippen molar-refractivity contribution >= 4 is 23.6 Å². The lowest BCUT2D eigenvalue weighted by molar-refractivity contribution is -0.141. The van der Waals surface area contributed by atoms with Gasteiger partial charge in [-0.25, -0.2) is 4.79 Å². The molecule has 3 rings (SSSR count). The highest BCUT2D eigenvalue weighted by Gasteiger charge is 2.37. The van der Waals surface area contributed by atoms with Crippen LogP contribution in [0.1, 0.15) is 93.7 Å². The number of amides is 3. The van der Waals surface area contributed by atoms with Crippen LogP contribution in [0.4, 0.5) is 10.5 Å². The summed E-state index contributed by atoms with van der Waals surface area (Å²) < 4.78 is 5.56. The number of benzene rings is 3. The average Bonchev–Trinajstić information content (AvgIpc) is 2.98. The first kappa shape index (κ1) is 36.1. The molecular formula is C38H51N3O5. The van der Waals surface area contributed by atoms with E-state index in [-0.39, 0.29) is 24.0 Å². The first-order valence-corrected chi connectivity index (χ1v) is 16.3. The number of aromatic hydroxyl groups is 1. The molecule has 0 aliphatic carbocycles. The molecule has 0 aliphatic rings. The fourth-order valence-corrected chi connectivity index (χ4v) is 5.57. The first-order chi connectivity index (χ1) is 21.8. The number of carbonyl (C=O) groups is 3. The Bertz CT molecular complexity index is 1440. The predicted molar refractivity (Wildman–Crippen MR) is 184 cm³/mol. The van der Waals surface area contributed by atoms with Gasteiger partial charge in [0.15, 0.2) is 0 Å². The summed E-state index contributed by atoms with van der Waals surface area (Å²) in [4.78, 5) is 44.0. The number of rotatable bonds is 14. The van der Waals surface area contributed by atoms with Crippen molar-refractivity contribution in [3.8, 4) is 5.75 Å². The smallest absolute Gasteiger partial charge is 0.408 e. The van der Waals surface area contributed by atoms with E-state index in [0.717, 1.165) is 53.5 Å². The van der Waals surface area contributed by atoms with Crippen LogP contribution in [0, 0.1) is 20.8 Å². The molecule has 0 saturated carbocycles. The Hall–Kier alpha value is -4.33. The lowest BCUT2D eigenvalue weighted by Gasteiger charge is -2.36. The topological polar surface area (TPSA) is 108 Å². The molecule has 0 saturated heterocycles. The summed E-state index contributed by atoms with van der Waals surface area (Å²) in [6.45, 7) is 13.6. The van der Waals surface area contributed by atoms with Crippen LogP contribution < -0.4 is 10.6 Å². The number of alkyl carbamates (subject to hydrolysis) is 1. The number of unbranched alkanes of at least 4 members (excludes halogenated alkanes) is 4. The Morgan fingerprint density at radius 2 is 1.43 bits per heavy atom. The van der Waals surface area contributed by atoms with Crippen molar-refractivity contribution in [2.24, 2.45) is 0 Å². The van der Waals surface area contributed by atoms with Gasteiger partial charge < -0.3 is 25.4 Å². The van der Waals surface area contributed by atoms with Crippen LogP contribution in [0.25, 0.3) is 0 Å².